The first-order valence-electron chi connectivity index (χ1n) is 5.36. The van der Waals surface area contributed by atoms with Gasteiger partial charge in [0.05, 0.1) is 0 Å². The molecule has 0 atom stereocenters. The second-order valence-electron chi connectivity index (χ2n) is 5.79. The van der Waals surface area contributed by atoms with Gasteiger partial charge in [-0.15, -0.1) is 0 Å². The Balaban J connectivity index is 2.86. The third-order valence-corrected chi connectivity index (χ3v) is 9.03. The molecule has 0 unspecified atom stereocenters. The molecule has 1 aliphatic rings. The number of nitrogens with zero attached hydrogens (tertiary/aromatic N) is 1. The standard InChI is InChI=1S/C11H22BNSi/c1-10-8-7-9-13(12-10)14(5,6)11(2,3)4/h7-9,12H,1-6H3. The van der Waals surface area contributed by atoms with E-state index in [2.05, 4.69) is 63.6 Å². The van der Waals surface area contributed by atoms with Gasteiger partial charge in [0.25, 0.3) is 7.41 Å². The number of rotatable bonds is 1. The van der Waals surface area contributed by atoms with Crippen molar-refractivity contribution in [3.63, 3.8) is 0 Å². The van der Waals surface area contributed by atoms with Crippen molar-refractivity contribution in [1.29, 1.82) is 0 Å². The Bertz CT molecular complexity index is 274. The van der Waals surface area contributed by atoms with E-state index in [0.717, 1.165) is 7.41 Å². The van der Waals surface area contributed by atoms with Crippen LogP contribution >= 0.6 is 0 Å². The van der Waals surface area contributed by atoms with E-state index < -0.39 is 8.24 Å². The van der Waals surface area contributed by atoms with Crippen LogP contribution in [-0.2, 0) is 0 Å². The molecule has 1 rings (SSSR count). The molecule has 78 valence electrons. The highest BCUT2D eigenvalue weighted by atomic mass is 28.3. The fourth-order valence-corrected chi connectivity index (χ4v) is 3.47. The molecule has 14 heavy (non-hydrogen) atoms. The van der Waals surface area contributed by atoms with E-state index in [-0.39, 0.29) is 0 Å². The molecule has 0 bridgehead atoms. The molecule has 0 aromatic carbocycles. The van der Waals surface area contributed by atoms with E-state index in [4.69, 9.17) is 0 Å². The maximum atomic E-state index is 2.57. The first-order valence-corrected chi connectivity index (χ1v) is 8.30. The Morgan fingerprint density at radius 1 is 1.29 bits per heavy atom. The minimum atomic E-state index is -1.34. The van der Waals surface area contributed by atoms with Gasteiger partial charge in [0, 0.05) is 0 Å². The number of hydrogen-bond acceptors (Lipinski definition) is 1. The van der Waals surface area contributed by atoms with Crippen LogP contribution in [0.4, 0.5) is 0 Å². The average Bonchev–Trinajstić information content (AvgIpc) is 2.02. The first-order chi connectivity index (χ1) is 6.25. The van der Waals surface area contributed by atoms with Crippen molar-refractivity contribution in [2.24, 2.45) is 0 Å². The summed E-state index contributed by atoms with van der Waals surface area (Å²) < 4.78 is 2.57. The van der Waals surface area contributed by atoms with E-state index >= 15 is 0 Å². The Kier molecular flexibility index (Phi) is 3.00. The lowest BCUT2D eigenvalue weighted by Crippen LogP contribution is -2.54. The molecule has 0 spiro atoms. The van der Waals surface area contributed by atoms with Crippen molar-refractivity contribution in [3.8, 4) is 0 Å². The van der Waals surface area contributed by atoms with Crippen molar-refractivity contribution >= 4 is 15.6 Å². The smallest absolute Gasteiger partial charge is 0.256 e. The topological polar surface area (TPSA) is 3.24 Å². The fourth-order valence-electron chi connectivity index (χ4n) is 1.50. The van der Waals surface area contributed by atoms with Crippen molar-refractivity contribution in [1.82, 2.24) is 4.48 Å². The molecule has 0 amide bonds. The molecular weight excluding hydrogens is 185 g/mol. The maximum Gasteiger partial charge on any atom is 0.256 e. The van der Waals surface area contributed by atoms with Crippen molar-refractivity contribution in [2.45, 2.75) is 45.8 Å². The first kappa shape index (κ1) is 11.6. The van der Waals surface area contributed by atoms with Gasteiger partial charge in [-0.3, -0.25) is 0 Å². The summed E-state index contributed by atoms with van der Waals surface area (Å²) in [5, 5.41) is 0.426. The van der Waals surface area contributed by atoms with Crippen LogP contribution in [-0.4, -0.2) is 20.1 Å². The molecule has 0 saturated heterocycles. The van der Waals surface area contributed by atoms with Gasteiger partial charge >= 0.3 is 0 Å². The summed E-state index contributed by atoms with van der Waals surface area (Å²) in [6.45, 7) is 14.2. The Morgan fingerprint density at radius 2 is 1.86 bits per heavy atom. The maximum absolute atomic E-state index is 2.57. The van der Waals surface area contributed by atoms with Crippen LogP contribution in [0.5, 0.6) is 0 Å². The molecule has 1 heterocycles. The second-order valence-corrected chi connectivity index (χ2v) is 11.0. The van der Waals surface area contributed by atoms with Crippen molar-refractivity contribution < 1.29 is 0 Å². The molecule has 0 aromatic heterocycles. The van der Waals surface area contributed by atoms with Gasteiger partial charge in [0.1, 0.15) is 8.24 Å². The van der Waals surface area contributed by atoms with E-state index in [1.807, 2.05) is 0 Å². The lowest BCUT2D eigenvalue weighted by atomic mass is 9.82. The van der Waals surface area contributed by atoms with Crippen LogP contribution in [0.15, 0.2) is 23.8 Å². The van der Waals surface area contributed by atoms with Crippen LogP contribution < -0.4 is 0 Å². The lowest BCUT2D eigenvalue weighted by Gasteiger charge is -2.46. The number of hydrogen-bond donors (Lipinski definition) is 0. The Morgan fingerprint density at radius 3 is 2.29 bits per heavy atom. The largest absolute Gasteiger partial charge is 0.447 e. The second kappa shape index (κ2) is 3.61. The fraction of sp³-hybridized carbons (Fsp3) is 0.636. The molecule has 1 aliphatic heterocycles. The molecule has 3 heteroatoms. The summed E-state index contributed by atoms with van der Waals surface area (Å²) >= 11 is 0. The molecule has 0 saturated carbocycles. The van der Waals surface area contributed by atoms with Gasteiger partial charge in [-0.1, -0.05) is 52.3 Å². The molecule has 0 aliphatic carbocycles. The monoisotopic (exact) mass is 207 g/mol. The lowest BCUT2D eigenvalue weighted by molar-refractivity contribution is 0.656. The zero-order valence-electron chi connectivity index (χ0n) is 10.4. The van der Waals surface area contributed by atoms with Crippen LogP contribution in [0.2, 0.25) is 18.1 Å². The molecular formula is C11H22BNSi. The van der Waals surface area contributed by atoms with Gasteiger partial charge in [-0.2, -0.15) is 0 Å². The van der Waals surface area contributed by atoms with Gasteiger partial charge < -0.3 is 4.48 Å². The van der Waals surface area contributed by atoms with E-state index in [9.17, 15) is 0 Å². The third-order valence-electron chi connectivity index (χ3n) is 3.62. The van der Waals surface area contributed by atoms with Crippen LogP contribution in [0.3, 0.4) is 0 Å². The SMILES string of the molecule is CC1=CC=CN([Si](C)(C)C(C)(C)C)B1. The van der Waals surface area contributed by atoms with Crippen molar-refractivity contribution in [2.75, 3.05) is 0 Å². The predicted octanol–water partition coefficient (Wildman–Crippen LogP) is 3.08. The van der Waals surface area contributed by atoms with Crippen LogP contribution in [0.1, 0.15) is 27.7 Å². The molecule has 0 aromatic rings. The zero-order chi connectivity index (χ0) is 11.0. The van der Waals surface area contributed by atoms with E-state index in [1.165, 1.54) is 5.47 Å². The molecule has 0 radical (unpaired) electrons. The van der Waals surface area contributed by atoms with E-state index in [1.54, 1.807) is 0 Å². The predicted molar refractivity (Wildman–Crippen MR) is 69.1 cm³/mol. The van der Waals surface area contributed by atoms with Gasteiger partial charge in [-0.25, -0.2) is 0 Å². The molecule has 0 fully saturated rings. The summed E-state index contributed by atoms with van der Waals surface area (Å²) in [6.07, 6.45) is 6.66. The highest BCUT2D eigenvalue weighted by molar-refractivity contribution is 6.83. The zero-order valence-corrected chi connectivity index (χ0v) is 11.4. The average molecular weight is 207 g/mol. The highest BCUT2D eigenvalue weighted by Gasteiger charge is 2.39. The summed E-state index contributed by atoms with van der Waals surface area (Å²) in [6, 6.07) is 0. The molecule has 0 N–H and O–H groups in total. The van der Waals surface area contributed by atoms with Crippen molar-refractivity contribution in [3.05, 3.63) is 23.8 Å². The third kappa shape index (κ3) is 2.14. The summed E-state index contributed by atoms with van der Waals surface area (Å²) in [5.74, 6) is 0. The normalized spacial score (nSPS) is 17.9. The summed E-state index contributed by atoms with van der Waals surface area (Å²) in [7, 11) is -0.222. The quantitative estimate of drug-likeness (QED) is 0.597. The van der Waals surface area contributed by atoms with Gasteiger partial charge in [0.2, 0.25) is 0 Å². The highest BCUT2D eigenvalue weighted by Crippen LogP contribution is 2.38. The van der Waals surface area contributed by atoms with Gasteiger partial charge in [0.15, 0.2) is 0 Å². The number of allylic oxidation sites excluding steroid dienone is 3. The Hall–Kier alpha value is -0.438. The van der Waals surface area contributed by atoms with Gasteiger partial charge in [-0.05, 0) is 17.3 Å². The molecule has 1 nitrogen and oxygen atoms in total. The summed E-state index contributed by atoms with van der Waals surface area (Å²) in [5.41, 5.74) is 1.47. The van der Waals surface area contributed by atoms with Crippen LogP contribution in [0, 0.1) is 0 Å². The minimum absolute atomic E-state index is 0.426. The van der Waals surface area contributed by atoms with Crippen LogP contribution in [0.25, 0.3) is 0 Å². The summed E-state index contributed by atoms with van der Waals surface area (Å²) in [4.78, 5) is 0. The Labute approximate surface area is 90.2 Å². The minimum Gasteiger partial charge on any atom is -0.447 e. The van der Waals surface area contributed by atoms with E-state index in [0.29, 0.717) is 5.04 Å².